The molecule has 0 radical (unpaired) electrons. The van der Waals surface area contributed by atoms with E-state index in [0.29, 0.717) is 36.9 Å². The van der Waals surface area contributed by atoms with Crippen LogP contribution >= 0.6 is 0 Å². The maximum atomic E-state index is 13.6. The highest BCUT2D eigenvalue weighted by molar-refractivity contribution is 5.64. The van der Waals surface area contributed by atoms with Crippen molar-refractivity contribution >= 4 is 11.5 Å². The van der Waals surface area contributed by atoms with Crippen molar-refractivity contribution in [1.82, 2.24) is 24.8 Å². The number of aromatic nitrogens is 4. The average Bonchev–Trinajstić information content (AvgIpc) is 3.23. The molecule has 3 aromatic heterocycles. The molecule has 0 aromatic carbocycles. The third-order valence-corrected chi connectivity index (χ3v) is 6.39. The molecule has 0 saturated carbocycles. The smallest absolute Gasteiger partial charge is 0.277 e. The number of anilines is 2. The summed E-state index contributed by atoms with van der Waals surface area (Å²) >= 11 is 0. The first-order valence-corrected chi connectivity index (χ1v) is 11.5. The Morgan fingerprint density at radius 1 is 1.29 bits per heavy atom. The lowest BCUT2D eigenvalue weighted by Crippen LogP contribution is -2.49. The van der Waals surface area contributed by atoms with Crippen molar-refractivity contribution in [2.45, 2.75) is 32.4 Å². The van der Waals surface area contributed by atoms with E-state index in [2.05, 4.69) is 20.6 Å². The topological polar surface area (TPSA) is 97.2 Å². The van der Waals surface area contributed by atoms with Crippen LogP contribution in [0.3, 0.4) is 0 Å². The van der Waals surface area contributed by atoms with Crippen LogP contribution in [0.5, 0.6) is 0 Å². The summed E-state index contributed by atoms with van der Waals surface area (Å²) in [6, 6.07) is 7.80. The van der Waals surface area contributed by atoms with Gasteiger partial charge in [-0.25, -0.2) is 9.97 Å². The molecule has 2 atom stereocenters. The fourth-order valence-corrected chi connectivity index (χ4v) is 4.50. The molecule has 9 nitrogen and oxygen atoms in total. The standard InChI is InChI=1S/C25H33N7O2/c1-7-34-20-14-26-15-25(20,19-10-8-9-11-27-19)30-22-17(3)29-23(32(6)24(22)33)18-13-28-21(31(4)5)12-16(18)2/h8-13,20,26,30H,7,14-15H2,1-6H3/t20-,25+/m0/s1. The summed E-state index contributed by atoms with van der Waals surface area (Å²) in [5.41, 5.74) is 2.87. The van der Waals surface area contributed by atoms with Crippen LogP contribution in [0.2, 0.25) is 0 Å². The maximum Gasteiger partial charge on any atom is 0.277 e. The Hall–Kier alpha value is -3.30. The Labute approximate surface area is 200 Å². The molecule has 4 rings (SSSR count). The van der Waals surface area contributed by atoms with Crippen LogP contribution in [0, 0.1) is 13.8 Å². The summed E-state index contributed by atoms with van der Waals surface area (Å²) in [5, 5.41) is 6.94. The van der Waals surface area contributed by atoms with Crippen LogP contribution in [0.25, 0.3) is 11.4 Å². The molecule has 2 N–H and O–H groups in total. The second kappa shape index (κ2) is 9.52. The lowest BCUT2D eigenvalue weighted by atomic mass is 9.90. The van der Waals surface area contributed by atoms with Crippen molar-refractivity contribution in [3.63, 3.8) is 0 Å². The highest BCUT2D eigenvalue weighted by Crippen LogP contribution is 2.33. The van der Waals surface area contributed by atoms with Crippen molar-refractivity contribution in [2.75, 3.05) is 44.0 Å². The van der Waals surface area contributed by atoms with E-state index >= 15 is 0 Å². The monoisotopic (exact) mass is 463 g/mol. The molecule has 34 heavy (non-hydrogen) atoms. The van der Waals surface area contributed by atoms with E-state index in [4.69, 9.17) is 9.72 Å². The predicted molar refractivity (Wildman–Crippen MR) is 134 cm³/mol. The molecular formula is C25H33N7O2. The highest BCUT2D eigenvalue weighted by Gasteiger charge is 2.47. The first-order valence-electron chi connectivity index (χ1n) is 11.5. The van der Waals surface area contributed by atoms with Crippen molar-refractivity contribution in [1.29, 1.82) is 0 Å². The third-order valence-electron chi connectivity index (χ3n) is 6.39. The molecule has 9 heteroatoms. The molecule has 3 aromatic rings. The van der Waals surface area contributed by atoms with E-state index in [9.17, 15) is 4.79 Å². The molecule has 1 saturated heterocycles. The average molecular weight is 464 g/mol. The number of rotatable bonds is 7. The van der Waals surface area contributed by atoms with Crippen molar-refractivity contribution < 1.29 is 4.74 Å². The van der Waals surface area contributed by atoms with Crippen LogP contribution in [0.4, 0.5) is 11.5 Å². The summed E-state index contributed by atoms with van der Waals surface area (Å²) in [4.78, 5) is 29.6. The van der Waals surface area contributed by atoms with Crippen molar-refractivity contribution in [3.8, 4) is 11.4 Å². The number of aryl methyl sites for hydroxylation is 2. The number of pyridine rings is 2. The SMILES string of the molecule is CCO[C@H]1CNC[C@@]1(Nc1c(C)nc(-c2cnc(N(C)C)cc2C)n(C)c1=O)c1ccccn1. The predicted octanol–water partition coefficient (Wildman–Crippen LogP) is 2.24. The highest BCUT2D eigenvalue weighted by atomic mass is 16.5. The van der Waals surface area contributed by atoms with E-state index in [0.717, 1.165) is 22.6 Å². The van der Waals surface area contributed by atoms with Crippen LogP contribution < -0.4 is 21.1 Å². The maximum absolute atomic E-state index is 13.6. The van der Waals surface area contributed by atoms with Gasteiger partial charge in [0.15, 0.2) is 0 Å². The van der Waals surface area contributed by atoms with Crippen LogP contribution in [-0.4, -0.2) is 59.4 Å². The quantitative estimate of drug-likeness (QED) is 0.551. The van der Waals surface area contributed by atoms with Gasteiger partial charge in [-0.15, -0.1) is 0 Å². The van der Waals surface area contributed by atoms with Gasteiger partial charge >= 0.3 is 0 Å². The number of nitrogens with zero attached hydrogens (tertiary/aromatic N) is 5. The normalized spacial score (nSPS) is 19.9. The lowest BCUT2D eigenvalue weighted by molar-refractivity contribution is 0.0384. The molecule has 0 unspecified atom stereocenters. The summed E-state index contributed by atoms with van der Waals surface area (Å²) in [7, 11) is 5.64. The van der Waals surface area contributed by atoms with Gasteiger partial charge in [-0.05, 0) is 44.5 Å². The van der Waals surface area contributed by atoms with Gasteiger partial charge in [0.05, 0.1) is 17.5 Å². The van der Waals surface area contributed by atoms with E-state index in [-0.39, 0.29) is 11.7 Å². The second-order valence-corrected chi connectivity index (χ2v) is 8.90. The minimum Gasteiger partial charge on any atom is -0.374 e. The molecule has 0 bridgehead atoms. The largest absolute Gasteiger partial charge is 0.374 e. The van der Waals surface area contributed by atoms with E-state index in [1.54, 1.807) is 24.0 Å². The van der Waals surface area contributed by atoms with Gasteiger partial charge in [-0.3, -0.25) is 14.3 Å². The summed E-state index contributed by atoms with van der Waals surface area (Å²) in [6.07, 6.45) is 3.35. The van der Waals surface area contributed by atoms with Gasteiger partial charge in [-0.1, -0.05) is 6.07 Å². The molecule has 0 aliphatic carbocycles. The van der Waals surface area contributed by atoms with Gasteiger partial charge < -0.3 is 20.3 Å². The Kier molecular flexibility index (Phi) is 6.67. The zero-order valence-corrected chi connectivity index (χ0v) is 20.7. The fraction of sp³-hybridized carbons (Fsp3) is 0.440. The van der Waals surface area contributed by atoms with Gasteiger partial charge in [0.25, 0.3) is 5.56 Å². The van der Waals surface area contributed by atoms with Crippen molar-refractivity contribution in [3.05, 3.63) is 64.0 Å². The fourth-order valence-electron chi connectivity index (χ4n) is 4.50. The summed E-state index contributed by atoms with van der Waals surface area (Å²) in [6.45, 7) is 7.63. The van der Waals surface area contributed by atoms with Gasteiger partial charge in [0, 0.05) is 58.8 Å². The number of nitrogens with one attached hydrogen (secondary N) is 2. The molecule has 1 fully saturated rings. The molecule has 0 spiro atoms. The molecule has 4 heterocycles. The lowest BCUT2D eigenvalue weighted by Gasteiger charge is -2.36. The van der Waals surface area contributed by atoms with Crippen LogP contribution in [0.15, 0.2) is 41.5 Å². The van der Waals surface area contributed by atoms with Gasteiger partial charge in [-0.2, -0.15) is 0 Å². The molecule has 1 aliphatic heterocycles. The van der Waals surface area contributed by atoms with E-state index in [1.165, 1.54) is 0 Å². The Morgan fingerprint density at radius 3 is 2.74 bits per heavy atom. The zero-order valence-electron chi connectivity index (χ0n) is 20.7. The molecule has 180 valence electrons. The first kappa shape index (κ1) is 23.8. The van der Waals surface area contributed by atoms with Gasteiger partial charge in [0.1, 0.15) is 22.9 Å². The first-order chi connectivity index (χ1) is 16.3. The van der Waals surface area contributed by atoms with E-state index in [1.807, 2.05) is 64.0 Å². The minimum atomic E-state index is -0.692. The Morgan fingerprint density at radius 2 is 2.09 bits per heavy atom. The van der Waals surface area contributed by atoms with Crippen LogP contribution in [-0.2, 0) is 17.3 Å². The number of ether oxygens (including phenoxy) is 1. The summed E-state index contributed by atoms with van der Waals surface area (Å²) in [5.74, 6) is 1.44. The molecular weight excluding hydrogens is 430 g/mol. The van der Waals surface area contributed by atoms with Gasteiger partial charge in [0.2, 0.25) is 0 Å². The molecule has 0 amide bonds. The molecule has 1 aliphatic rings. The number of hydrogen-bond donors (Lipinski definition) is 2. The van der Waals surface area contributed by atoms with Crippen LogP contribution in [0.1, 0.15) is 23.9 Å². The summed E-state index contributed by atoms with van der Waals surface area (Å²) < 4.78 is 7.67. The third kappa shape index (κ3) is 4.17. The minimum absolute atomic E-state index is 0.156. The van der Waals surface area contributed by atoms with Crippen molar-refractivity contribution in [2.24, 2.45) is 7.05 Å². The van der Waals surface area contributed by atoms with E-state index < -0.39 is 5.54 Å². The Balaban J connectivity index is 1.80. The second-order valence-electron chi connectivity index (χ2n) is 8.90. The zero-order chi connectivity index (χ0) is 24.5. The number of hydrogen-bond acceptors (Lipinski definition) is 8. The Bertz CT molecular complexity index is 1230.